The Morgan fingerprint density at radius 3 is 2.77 bits per heavy atom. The Balaban J connectivity index is 1.24. The van der Waals surface area contributed by atoms with Crippen LogP contribution in [0, 0.1) is 0 Å². The number of nitrogens with zero attached hydrogens (tertiary/aromatic N) is 4. The summed E-state index contributed by atoms with van der Waals surface area (Å²) in [6.07, 6.45) is 6.51. The number of pyridine rings is 1. The number of carbonyl (C=O) groups is 1. The molecule has 1 fully saturated rings. The summed E-state index contributed by atoms with van der Waals surface area (Å²) in [5.74, 6) is 0.245. The molecule has 3 aromatic heterocycles. The summed E-state index contributed by atoms with van der Waals surface area (Å²) in [4.78, 5) is 24.0. The molecule has 1 atom stereocenters. The monoisotopic (exact) mass is 429 g/mol. The van der Waals surface area contributed by atoms with Crippen molar-refractivity contribution in [2.24, 2.45) is 0 Å². The van der Waals surface area contributed by atoms with Gasteiger partial charge in [-0.15, -0.1) is 11.3 Å². The highest BCUT2D eigenvalue weighted by Gasteiger charge is 2.26. The number of carbonyl (C=O) groups excluding carboxylic acids is 1. The van der Waals surface area contributed by atoms with Crippen molar-refractivity contribution in [1.82, 2.24) is 14.5 Å². The minimum absolute atomic E-state index is 0.141. The van der Waals surface area contributed by atoms with Gasteiger partial charge in [0.1, 0.15) is 5.69 Å². The molecule has 5 rings (SSSR count). The molecule has 0 bridgehead atoms. The van der Waals surface area contributed by atoms with E-state index in [1.807, 2.05) is 41.1 Å². The van der Waals surface area contributed by atoms with Crippen LogP contribution in [0.2, 0.25) is 0 Å². The zero-order valence-corrected chi connectivity index (χ0v) is 17.8. The molecule has 1 saturated heterocycles. The van der Waals surface area contributed by atoms with Crippen molar-refractivity contribution >= 4 is 28.1 Å². The zero-order valence-electron chi connectivity index (χ0n) is 17.0. The lowest BCUT2D eigenvalue weighted by molar-refractivity contribution is 0.101. The Hall–Kier alpha value is -3.45. The van der Waals surface area contributed by atoms with Gasteiger partial charge in [0.25, 0.3) is 5.91 Å². The molecule has 156 valence electrons. The van der Waals surface area contributed by atoms with Crippen molar-refractivity contribution in [1.29, 1.82) is 0 Å². The van der Waals surface area contributed by atoms with Crippen LogP contribution in [-0.2, 0) is 6.54 Å². The molecule has 7 heteroatoms. The molecule has 0 aliphatic carbocycles. The maximum atomic E-state index is 12.9. The van der Waals surface area contributed by atoms with Gasteiger partial charge in [0.05, 0.1) is 5.69 Å². The van der Waals surface area contributed by atoms with Crippen LogP contribution in [0.1, 0.15) is 34.1 Å². The highest BCUT2D eigenvalue weighted by molar-refractivity contribution is 7.14. The van der Waals surface area contributed by atoms with Gasteiger partial charge in [0, 0.05) is 55.2 Å². The molecule has 0 radical (unpaired) electrons. The summed E-state index contributed by atoms with van der Waals surface area (Å²) in [7, 11) is 0. The second kappa shape index (κ2) is 8.73. The Bertz CT molecular complexity index is 1150. The lowest BCUT2D eigenvalue weighted by atomic mass is 10.1. The van der Waals surface area contributed by atoms with E-state index < -0.39 is 0 Å². The second-order valence-corrected chi connectivity index (χ2v) is 8.53. The van der Waals surface area contributed by atoms with Crippen molar-refractivity contribution in [2.75, 3.05) is 23.3 Å². The van der Waals surface area contributed by atoms with Gasteiger partial charge in [-0.3, -0.25) is 15.1 Å². The number of para-hydroxylation sites is 1. The van der Waals surface area contributed by atoms with Gasteiger partial charge in [-0.2, -0.15) is 0 Å². The number of hydrogen-bond donors (Lipinski definition) is 1. The lowest BCUT2D eigenvalue weighted by Gasteiger charge is -2.18. The third-order valence-electron chi connectivity index (χ3n) is 5.63. The van der Waals surface area contributed by atoms with Gasteiger partial charge in [-0.25, -0.2) is 4.98 Å². The fourth-order valence-electron chi connectivity index (χ4n) is 4.01. The average Bonchev–Trinajstić information content (AvgIpc) is 3.56. The molecule has 1 aliphatic rings. The smallest absolute Gasteiger partial charge is 0.274 e. The number of aromatic nitrogens is 3. The molecule has 31 heavy (non-hydrogen) atoms. The highest BCUT2D eigenvalue weighted by atomic mass is 32.1. The fraction of sp³-hybridized carbons (Fsp3) is 0.208. The Kier molecular flexibility index (Phi) is 5.50. The minimum Gasteiger partial charge on any atom is -0.371 e. The SMILES string of the molecule is O=C(Nc1nc([C@@H]2CCN(c3ccccc3)C2)cs1)c1cccn1Cc1ccncc1. The maximum absolute atomic E-state index is 12.9. The normalized spacial score (nSPS) is 15.9. The van der Waals surface area contributed by atoms with Gasteiger partial charge >= 0.3 is 0 Å². The predicted octanol–water partition coefficient (Wildman–Crippen LogP) is 4.63. The molecule has 1 N–H and O–H groups in total. The molecule has 0 saturated carbocycles. The van der Waals surface area contributed by atoms with Gasteiger partial charge < -0.3 is 9.47 Å². The van der Waals surface area contributed by atoms with Crippen LogP contribution in [-0.4, -0.2) is 33.5 Å². The Morgan fingerprint density at radius 2 is 1.94 bits per heavy atom. The van der Waals surface area contributed by atoms with Crippen molar-refractivity contribution in [3.8, 4) is 0 Å². The van der Waals surface area contributed by atoms with Crippen LogP contribution in [0.5, 0.6) is 0 Å². The van der Waals surface area contributed by atoms with E-state index >= 15 is 0 Å². The Morgan fingerprint density at radius 1 is 1.10 bits per heavy atom. The third-order valence-corrected chi connectivity index (χ3v) is 6.41. The molecule has 1 amide bonds. The second-order valence-electron chi connectivity index (χ2n) is 7.68. The number of anilines is 2. The molecule has 0 spiro atoms. The van der Waals surface area contributed by atoms with E-state index in [0.29, 0.717) is 23.3 Å². The summed E-state index contributed by atoms with van der Waals surface area (Å²) < 4.78 is 1.94. The first kappa shape index (κ1) is 19.5. The number of nitrogens with one attached hydrogen (secondary N) is 1. The van der Waals surface area contributed by atoms with Gasteiger partial charge in [0.15, 0.2) is 5.13 Å². The van der Waals surface area contributed by atoms with E-state index in [0.717, 1.165) is 30.8 Å². The van der Waals surface area contributed by atoms with E-state index in [4.69, 9.17) is 4.98 Å². The first-order valence-electron chi connectivity index (χ1n) is 10.4. The van der Waals surface area contributed by atoms with E-state index in [9.17, 15) is 4.79 Å². The molecule has 4 heterocycles. The van der Waals surface area contributed by atoms with Crippen molar-refractivity contribution in [3.05, 3.63) is 95.5 Å². The summed E-state index contributed by atoms with van der Waals surface area (Å²) >= 11 is 1.49. The molecule has 1 aromatic carbocycles. The standard InChI is InChI=1S/C24H23N5OS/c30-23(22-7-4-13-29(22)15-18-8-11-25-12-9-18)27-24-26-21(17-31-24)19-10-14-28(16-19)20-5-2-1-3-6-20/h1-9,11-13,17,19H,10,14-16H2,(H,26,27,30)/t19-/m1/s1. The summed E-state index contributed by atoms with van der Waals surface area (Å²) in [6, 6.07) is 18.1. The van der Waals surface area contributed by atoms with Gasteiger partial charge in [-0.1, -0.05) is 18.2 Å². The Labute approximate surface area is 185 Å². The molecular weight excluding hydrogens is 406 g/mol. The molecule has 1 aliphatic heterocycles. The van der Waals surface area contributed by atoms with Gasteiger partial charge in [-0.05, 0) is 48.4 Å². The number of amides is 1. The quantitative estimate of drug-likeness (QED) is 0.485. The number of hydrogen-bond acceptors (Lipinski definition) is 5. The minimum atomic E-state index is -0.141. The van der Waals surface area contributed by atoms with Crippen LogP contribution in [0.3, 0.4) is 0 Å². The van der Waals surface area contributed by atoms with E-state index in [1.165, 1.54) is 17.0 Å². The number of thiazole rings is 1. The summed E-state index contributed by atoms with van der Waals surface area (Å²) in [6.45, 7) is 2.60. The molecule has 6 nitrogen and oxygen atoms in total. The number of rotatable bonds is 6. The van der Waals surface area contributed by atoms with Crippen LogP contribution in [0.25, 0.3) is 0 Å². The first-order chi connectivity index (χ1) is 15.3. The predicted molar refractivity (Wildman–Crippen MR) is 124 cm³/mol. The van der Waals surface area contributed by atoms with Crippen molar-refractivity contribution in [3.63, 3.8) is 0 Å². The van der Waals surface area contributed by atoms with E-state index in [-0.39, 0.29) is 5.91 Å². The zero-order chi connectivity index (χ0) is 21.0. The van der Waals surface area contributed by atoms with Crippen molar-refractivity contribution < 1.29 is 4.79 Å². The maximum Gasteiger partial charge on any atom is 0.274 e. The fourth-order valence-corrected chi connectivity index (χ4v) is 4.80. The third kappa shape index (κ3) is 4.36. The first-order valence-corrected chi connectivity index (χ1v) is 11.2. The number of benzene rings is 1. The van der Waals surface area contributed by atoms with Crippen LogP contribution >= 0.6 is 11.3 Å². The van der Waals surface area contributed by atoms with Crippen LogP contribution < -0.4 is 10.2 Å². The van der Waals surface area contributed by atoms with Crippen molar-refractivity contribution in [2.45, 2.75) is 18.9 Å². The lowest BCUT2D eigenvalue weighted by Crippen LogP contribution is -2.19. The highest BCUT2D eigenvalue weighted by Crippen LogP contribution is 2.32. The molecule has 4 aromatic rings. The summed E-state index contributed by atoms with van der Waals surface area (Å²) in [5, 5.41) is 5.70. The topological polar surface area (TPSA) is 63.1 Å². The van der Waals surface area contributed by atoms with Gasteiger partial charge in [0.2, 0.25) is 0 Å². The average molecular weight is 430 g/mol. The van der Waals surface area contributed by atoms with E-state index in [1.54, 1.807) is 12.4 Å². The molecular formula is C24H23N5OS. The molecule has 0 unspecified atom stereocenters. The summed E-state index contributed by atoms with van der Waals surface area (Å²) in [5.41, 5.74) is 4.03. The largest absolute Gasteiger partial charge is 0.371 e. The van der Waals surface area contributed by atoms with Crippen LogP contribution in [0.15, 0.2) is 78.6 Å². The van der Waals surface area contributed by atoms with Crippen LogP contribution in [0.4, 0.5) is 10.8 Å². The van der Waals surface area contributed by atoms with E-state index in [2.05, 4.69) is 44.8 Å².